The quantitative estimate of drug-likeness (QED) is 0.568. The molecule has 25 heavy (non-hydrogen) atoms. The van der Waals surface area contributed by atoms with Crippen LogP contribution >= 0.6 is 23.4 Å². The molecule has 0 radical (unpaired) electrons. The molecule has 0 atom stereocenters. The molecule has 134 valence electrons. The summed E-state index contributed by atoms with van der Waals surface area (Å²) in [4.78, 5) is 32.5. The highest BCUT2D eigenvalue weighted by Gasteiger charge is 2.14. The lowest BCUT2D eigenvalue weighted by Gasteiger charge is -2.17. The van der Waals surface area contributed by atoms with Crippen LogP contribution in [0.25, 0.3) is 0 Å². The van der Waals surface area contributed by atoms with Gasteiger partial charge in [0.2, 0.25) is 11.8 Å². The van der Waals surface area contributed by atoms with E-state index in [1.165, 1.54) is 0 Å². The van der Waals surface area contributed by atoms with E-state index in [0.29, 0.717) is 18.1 Å². The Labute approximate surface area is 155 Å². The third kappa shape index (κ3) is 5.24. The van der Waals surface area contributed by atoms with E-state index >= 15 is 0 Å². The number of amides is 1. The zero-order chi connectivity index (χ0) is 18.4. The van der Waals surface area contributed by atoms with Crippen molar-refractivity contribution in [2.75, 3.05) is 18.8 Å². The van der Waals surface area contributed by atoms with Gasteiger partial charge in [-0.05, 0) is 31.5 Å². The SMILES string of the molecule is CCN(CC)C(=O)CSc1nc(O)c(Cc2ccc(Cl)cc2)c(=O)[nH]1. The minimum absolute atomic E-state index is 0.0395. The average Bonchev–Trinajstić information content (AvgIpc) is 2.59. The second-order valence-corrected chi connectivity index (χ2v) is 6.73. The number of aromatic amines is 1. The molecule has 0 bridgehead atoms. The summed E-state index contributed by atoms with van der Waals surface area (Å²) in [6.07, 6.45) is 0.245. The molecule has 0 aliphatic rings. The molecule has 0 saturated heterocycles. The summed E-state index contributed by atoms with van der Waals surface area (Å²) < 4.78 is 0. The molecule has 0 fully saturated rings. The van der Waals surface area contributed by atoms with Gasteiger partial charge in [-0.15, -0.1) is 0 Å². The van der Waals surface area contributed by atoms with E-state index in [-0.39, 0.29) is 34.7 Å². The Balaban J connectivity index is 2.10. The number of aromatic nitrogens is 2. The van der Waals surface area contributed by atoms with Crippen molar-refractivity contribution in [3.8, 4) is 5.88 Å². The predicted octanol–water partition coefficient (Wildman–Crippen LogP) is 2.68. The van der Waals surface area contributed by atoms with Crippen molar-refractivity contribution >= 4 is 29.3 Å². The Hall–Kier alpha value is -1.99. The fourth-order valence-electron chi connectivity index (χ4n) is 2.30. The van der Waals surface area contributed by atoms with Gasteiger partial charge in [-0.3, -0.25) is 9.59 Å². The second kappa shape index (κ2) is 8.92. The van der Waals surface area contributed by atoms with Crippen LogP contribution in [0, 0.1) is 0 Å². The van der Waals surface area contributed by atoms with E-state index in [1.807, 2.05) is 13.8 Å². The normalized spacial score (nSPS) is 10.7. The van der Waals surface area contributed by atoms with Crippen LogP contribution in [-0.2, 0) is 11.2 Å². The fourth-order valence-corrected chi connectivity index (χ4v) is 3.18. The van der Waals surface area contributed by atoms with Crippen LogP contribution in [0.3, 0.4) is 0 Å². The first kappa shape index (κ1) is 19.3. The number of halogens is 1. The summed E-state index contributed by atoms with van der Waals surface area (Å²) in [5, 5.41) is 10.9. The van der Waals surface area contributed by atoms with Crippen LogP contribution in [0.2, 0.25) is 5.02 Å². The molecule has 2 N–H and O–H groups in total. The van der Waals surface area contributed by atoms with Crippen LogP contribution < -0.4 is 5.56 Å². The minimum atomic E-state index is -0.416. The molecule has 0 aliphatic carbocycles. The first-order valence-corrected chi connectivity index (χ1v) is 9.28. The van der Waals surface area contributed by atoms with E-state index in [2.05, 4.69) is 9.97 Å². The topological polar surface area (TPSA) is 86.3 Å². The molecule has 1 amide bonds. The van der Waals surface area contributed by atoms with Gasteiger partial charge < -0.3 is 15.0 Å². The molecular formula is C17H20ClN3O3S. The zero-order valence-corrected chi connectivity index (χ0v) is 15.7. The Morgan fingerprint density at radius 2 is 1.92 bits per heavy atom. The molecule has 2 rings (SSSR count). The van der Waals surface area contributed by atoms with E-state index in [0.717, 1.165) is 17.3 Å². The number of nitrogens with zero attached hydrogens (tertiary/aromatic N) is 2. The monoisotopic (exact) mass is 381 g/mol. The maximum atomic E-state index is 12.2. The van der Waals surface area contributed by atoms with Crippen LogP contribution in [0.5, 0.6) is 5.88 Å². The summed E-state index contributed by atoms with van der Waals surface area (Å²) in [6.45, 7) is 5.07. The molecule has 6 nitrogen and oxygen atoms in total. The van der Waals surface area contributed by atoms with Crippen molar-refractivity contribution in [3.63, 3.8) is 0 Å². The third-order valence-corrected chi connectivity index (χ3v) is 4.82. The van der Waals surface area contributed by atoms with Crippen molar-refractivity contribution in [1.29, 1.82) is 0 Å². The third-order valence-electron chi connectivity index (χ3n) is 3.71. The molecule has 1 aromatic carbocycles. The van der Waals surface area contributed by atoms with E-state index in [4.69, 9.17) is 11.6 Å². The Morgan fingerprint density at radius 3 is 2.48 bits per heavy atom. The van der Waals surface area contributed by atoms with Crippen molar-refractivity contribution in [2.45, 2.75) is 25.4 Å². The van der Waals surface area contributed by atoms with E-state index < -0.39 is 5.56 Å². The maximum Gasteiger partial charge on any atom is 0.258 e. The van der Waals surface area contributed by atoms with Gasteiger partial charge in [0, 0.05) is 24.5 Å². The van der Waals surface area contributed by atoms with Gasteiger partial charge in [0.1, 0.15) is 0 Å². The summed E-state index contributed by atoms with van der Waals surface area (Å²) in [5.41, 5.74) is 0.603. The van der Waals surface area contributed by atoms with Gasteiger partial charge in [0.15, 0.2) is 5.16 Å². The number of thioether (sulfide) groups is 1. The Bertz CT molecular complexity index is 789. The standard InChI is InChI=1S/C17H20ClN3O3S/c1-3-21(4-2)14(22)10-25-17-19-15(23)13(16(24)20-17)9-11-5-7-12(18)8-6-11/h5-8H,3-4,9-10H2,1-2H3,(H2,19,20,23,24). The lowest BCUT2D eigenvalue weighted by molar-refractivity contribution is -0.127. The van der Waals surface area contributed by atoms with Crippen LogP contribution in [0.4, 0.5) is 0 Å². The molecule has 0 spiro atoms. The number of carbonyl (C=O) groups is 1. The van der Waals surface area contributed by atoms with Gasteiger partial charge in [-0.25, -0.2) is 0 Å². The smallest absolute Gasteiger partial charge is 0.258 e. The molecular weight excluding hydrogens is 362 g/mol. The number of H-pyrrole nitrogens is 1. The van der Waals surface area contributed by atoms with Gasteiger partial charge in [-0.1, -0.05) is 35.5 Å². The first-order chi connectivity index (χ1) is 11.9. The number of hydrogen-bond donors (Lipinski definition) is 2. The number of nitrogens with one attached hydrogen (secondary N) is 1. The second-order valence-electron chi connectivity index (χ2n) is 5.33. The highest BCUT2D eigenvalue weighted by Crippen LogP contribution is 2.20. The fraction of sp³-hybridized carbons (Fsp3) is 0.353. The highest BCUT2D eigenvalue weighted by atomic mass is 35.5. The maximum absolute atomic E-state index is 12.2. The number of benzene rings is 1. The van der Waals surface area contributed by atoms with Crippen LogP contribution in [-0.4, -0.2) is 44.7 Å². The van der Waals surface area contributed by atoms with Gasteiger partial charge in [-0.2, -0.15) is 4.98 Å². The van der Waals surface area contributed by atoms with Crippen molar-refractivity contribution in [1.82, 2.24) is 14.9 Å². The van der Waals surface area contributed by atoms with E-state index in [1.54, 1.807) is 29.2 Å². The Kier molecular flexibility index (Phi) is 6.90. The summed E-state index contributed by atoms with van der Waals surface area (Å²) >= 11 is 6.94. The zero-order valence-electron chi connectivity index (χ0n) is 14.1. The molecule has 0 unspecified atom stereocenters. The van der Waals surface area contributed by atoms with Gasteiger partial charge in [0.25, 0.3) is 5.56 Å². The molecule has 8 heteroatoms. The number of hydrogen-bond acceptors (Lipinski definition) is 5. The van der Waals surface area contributed by atoms with Crippen LogP contribution in [0.1, 0.15) is 25.0 Å². The largest absolute Gasteiger partial charge is 0.493 e. The number of carbonyl (C=O) groups excluding carboxylic acids is 1. The lowest BCUT2D eigenvalue weighted by Crippen LogP contribution is -2.32. The van der Waals surface area contributed by atoms with Gasteiger partial charge in [0.05, 0.1) is 11.3 Å². The van der Waals surface area contributed by atoms with E-state index in [9.17, 15) is 14.7 Å². The van der Waals surface area contributed by atoms with Crippen molar-refractivity contribution < 1.29 is 9.90 Å². The molecule has 0 aliphatic heterocycles. The number of rotatable bonds is 7. The first-order valence-electron chi connectivity index (χ1n) is 7.91. The highest BCUT2D eigenvalue weighted by molar-refractivity contribution is 7.99. The summed E-state index contributed by atoms with van der Waals surface area (Å²) in [6, 6.07) is 7.01. The van der Waals surface area contributed by atoms with Crippen LogP contribution in [0.15, 0.2) is 34.2 Å². The molecule has 1 heterocycles. The average molecular weight is 382 g/mol. The minimum Gasteiger partial charge on any atom is -0.493 e. The predicted molar refractivity (Wildman–Crippen MR) is 99.4 cm³/mol. The van der Waals surface area contributed by atoms with Crippen molar-refractivity contribution in [2.24, 2.45) is 0 Å². The van der Waals surface area contributed by atoms with Gasteiger partial charge >= 0.3 is 0 Å². The summed E-state index contributed by atoms with van der Waals surface area (Å²) in [7, 11) is 0. The number of aromatic hydroxyl groups is 1. The Morgan fingerprint density at radius 1 is 1.28 bits per heavy atom. The molecule has 0 saturated carbocycles. The molecule has 1 aromatic heterocycles. The lowest BCUT2D eigenvalue weighted by atomic mass is 10.1. The van der Waals surface area contributed by atoms with Crippen molar-refractivity contribution in [3.05, 3.63) is 50.8 Å². The summed E-state index contributed by atoms with van der Waals surface area (Å²) in [5.74, 6) is -0.209. The molecule has 2 aromatic rings.